The number of nitrogens with one attached hydrogen (secondary N) is 1. The molecule has 0 aliphatic carbocycles. The minimum atomic E-state index is -0.617. The summed E-state index contributed by atoms with van der Waals surface area (Å²) in [6.45, 7) is 9.35. The maximum atomic E-state index is 13.7. The first-order valence-corrected chi connectivity index (χ1v) is 11.4. The van der Waals surface area contributed by atoms with Crippen LogP contribution in [-0.2, 0) is 0 Å². The number of hydrogen-bond donors (Lipinski definition) is 1. The Labute approximate surface area is 193 Å². The normalized spacial score (nSPS) is 15.4. The number of nitrogens with zero attached hydrogens (tertiary/aromatic N) is 1. The molecule has 1 aromatic heterocycles. The standard InChI is InChI=1S/C26H30N2O5/c1-6-27(7-2)12-13-28-23(18-15-17(31-4)9-11-20(18)32-5)22-24(29)19-14-16(3)8-10-21(19)33-25(22)26(28)30/h8-11,14-15,23H,6-7,12-13H2,1-5H3/p+1. The maximum Gasteiger partial charge on any atom is 0.291 e. The molecule has 0 bridgehead atoms. The number of likely N-dealkylation sites (N-methyl/N-ethyl adjacent to an activating group) is 1. The lowest BCUT2D eigenvalue weighted by Crippen LogP contribution is -3.12. The molecule has 0 radical (unpaired) electrons. The lowest BCUT2D eigenvalue weighted by molar-refractivity contribution is -0.895. The zero-order valence-corrected chi connectivity index (χ0v) is 19.9. The first kappa shape index (κ1) is 22.9. The van der Waals surface area contributed by atoms with Crippen LogP contribution in [0.5, 0.6) is 11.5 Å². The van der Waals surface area contributed by atoms with Crippen molar-refractivity contribution in [3.05, 3.63) is 69.1 Å². The van der Waals surface area contributed by atoms with Crippen molar-refractivity contribution in [2.45, 2.75) is 26.8 Å². The van der Waals surface area contributed by atoms with E-state index in [-0.39, 0.29) is 17.1 Å². The van der Waals surface area contributed by atoms with Crippen LogP contribution in [0.3, 0.4) is 0 Å². The molecular weight excluding hydrogens is 420 g/mol. The zero-order chi connectivity index (χ0) is 23.7. The molecule has 1 aliphatic rings. The number of aryl methyl sites for hydroxylation is 1. The Balaban J connectivity index is 1.94. The van der Waals surface area contributed by atoms with Crippen molar-refractivity contribution in [2.75, 3.05) is 40.4 Å². The molecule has 3 aromatic rings. The van der Waals surface area contributed by atoms with Gasteiger partial charge in [-0.1, -0.05) is 11.6 Å². The van der Waals surface area contributed by atoms with Gasteiger partial charge in [-0.25, -0.2) is 0 Å². The summed E-state index contributed by atoms with van der Waals surface area (Å²) in [5.41, 5.74) is 2.26. The van der Waals surface area contributed by atoms with E-state index in [2.05, 4.69) is 13.8 Å². The fourth-order valence-electron chi connectivity index (χ4n) is 4.62. The molecule has 2 aromatic carbocycles. The van der Waals surface area contributed by atoms with Gasteiger partial charge in [-0.15, -0.1) is 0 Å². The third-order valence-electron chi connectivity index (χ3n) is 6.56. The Kier molecular flexibility index (Phi) is 6.42. The van der Waals surface area contributed by atoms with Gasteiger partial charge < -0.3 is 23.7 Å². The van der Waals surface area contributed by atoms with E-state index in [0.29, 0.717) is 40.1 Å². The van der Waals surface area contributed by atoms with E-state index in [1.807, 2.05) is 25.1 Å². The molecule has 1 unspecified atom stereocenters. The van der Waals surface area contributed by atoms with Crippen LogP contribution in [0, 0.1) is 6.92 Å². The van der Waals surface area contributed by atoms with Crippen LogP contribution in [0.4, 0.5) is 0 Å². The number of methoxy groups -OCH3 is 2. The number of carbonyl (C=O) groups excluding carboxylic acids is 1. The first-order valence-electron chi connectivity index (χ1n) is 11.4. The Morgan fingerprint density at radius 3 is 2.45 bits per heavy atom. The average molecular weight is 452 g/mol. The van der Waals surface area contributed by atoms with Gasteiger partial charge in [0.05, 0.1) is 57.4 Å². The van der Waals surface area contributed by atoms with Gasteiger partial charge in [0, 0.05) is 5.56 Å². The molecule has 0 fully saturated rings. The summed E-state index contributed by atoms with van der Waals surface area (Å²) in [4.78, 5) is 30.4. The second-order valence-corrected chi connectivity index (χ2v) is 8.39. The third-order valence-corrected chi connectivity index (χ3v) is 6.56. The molecule has 1 aliphatic heterocycles. The number of carbonyl (C=O) groups is 1. The van der Waals surface area contributed by atoms with Crippen molar-refractivity contribution in [3.63, 3.8) is 0 Å². The fourth-order valence-corrected chi connectivity index (χ4v) is 4.62. The molecular formula is C26H31N2O5+. The van der Waals surface area contributed by atoms with Gasteiger partial charge in [0.2, 0.25) is 5.76 Å². The predicted molar refractivity (Wildman–Crippen MR) is 127 cm³/mol. The second-order valence-electron chi connectivity index (χ2n) is 8.39. The van der Waals surface area contributed by atoms with Crippen LogP contribution in [0.25, 0.3) is 11.0 Å². The van der Waals surface area contributed by atoms with Crippen LogP contribution in [0.2, 0.25) is 0 Å². The van der Waals surface area contributed by atoms with Crippen LogP contribution in [0.15, 0.2) is 45.6 Å². The smallest absolute Gasteiger partial charge is 0.291 e. The number of amides is 1. The Bertz CT molecular complexity index is 1250. The summed E-state index contributed by atoms with van der Waals surface area (Å²) < 4.78 is 17.1. The van der Waals surface area contributed by atoms with E-state index in [4.69, 9.17) is 13.9 Å². The van der Waals surface area contributed by atoms with E-state index in [0.717, 1.165) is 25.2 Å². The van der Waals surface area contributed by atoms with E-state index in [9.17, 15) is 9.59 Å². The summed E-state index contributed by atoms with van der Waals surface area (Å²) in [6, 6.07) is 10.3. The van der Waals surface area contributed by atoms with Crippen LogP contribution < -0.4 is 19.8 Å². The number of hydrogen-bond acceptors (Lipinski definition) is 5. The van der Waals surface area contributed by atoms with Crippen molar-refractivity contribution >= 4 is 16.9 Å². The second kappa shape index (κ2) is 9.27. The number of benzene rings is 2. The minimum Gasteiger partial charge on any atom is -0.497 e. The summed E-state index contributed by atoms with van der Waals surface area (Å²) in [5.74, 6) is 1.05. The number of fused-ring (bicyclic) bond motifs is 2. The molecule has 1 N–H and O–H groups in total. The lowest BCUT2D eigenvalue weighted by atomic mass is 9.97. The van der Waals surface area contributed by atoms with Crippen LogP contribution >= 0.6 is 0 Å². The highest BCUT2D eigenvalue weighted by Gasteiger charge is 2.44. The maximum absolute atomic E-state index is 13.7. The van der Waals surface area contributed by atoms with Crippen molar-refractivity contribution in [2.24, 2.45) is 0 Å². The molecule has 33 heavy (non-hydrogen) atoms. The van der Waals surface area contributed by atoms with E-state index in [1.165, 1.54) is 4.90 Å². The van der Waals surface area contributed by atoms with E-state index < -0.39 is 6.04 Å². The largest absolute Gasteiger partial charge is 0.497 e. The molecule has 4 rings (SSSR count). The van der Waals surface area contributed by atoms with Crippen LogP contribution in [-0.4, -0.2) is 51.2 Å². The van der Waals surface area contributed by atoms with Crippen molar-refractivity contribution in [1.29, 1.82) is 0 Å². The van der Waals surface area contributed by atoms with E-state index in [1.54, 1.807) is 37.3 Å². The molecule has 0 saturated heterocycles. The Morgan fingerprint density at radius 2 is 1.79 bits per heavy atom. The Morgan fingerprint density at radius 1 is 1.03 bits per heavy atom. The molecule has 7 nitrogen and oxygen atoms in total. The average Bonchev–Trinajstić information content (AvgIpc) is 3.11. The predicted octanol–water partition coefficient (Wildman–Crippen LogP) is 2.59. The third kappa shape index (κ3) is 3.97. The van der Waals surface area contributed by atoms with Crippen molar-refractivity contribution < 1.29 is 23.6 Å². The highest BCUT2D eigenvalue weighted by Crippen LogP contribution is 2.42. The molecule has 1 atom stereocenters. The quantitative estimate of drug-likeness (QED) is 0.570. The van der Waals surface area contributed by atoms with Crippen molar-refractivity contribution in [1.82, 2.24) is 4.90 Å². The van der Waals surface area contributed by atoms with Gasteiger partial charge in [-0.3, -0.25) is 9.59 Å². The van der Waals surface area contributed by atoms with Crippen molar-refractivity contribution in [3.8, 4) is 11.5 Å². The molecule has 0 spiro atoms. The summed E-state index contributed by atoms with van der Waals surface area (Å²) >= 11 is 0. The number of rotatable bonds is 8. The summed E-state index contributed by atoms with van der Waals surface area (Å²) in [5, 5.41) is 0.477. The molecule has 174 valence electrons. The minimum absolute atomic E-state index is 0.112. The summed E-state index contributed by atoms with van der Waals surface area (Å²) in [6.07, 6.45) is 0. The summed E-state index contributed by atoms with van der Waals surface area (Å²) in [7, 11) is 3.17. The highest BCUT2D eigenvalue weighted by molar-refractivity contribution is 5.99. The lowest BCUT2D eigenvalue weighted by Gasteiger charge is -2.28. The molecule has 0 saturated carbocycles. The van der Waals surface area contributed by atoms with E-state index >= 15 is 0 Å². The van der Waals surface area contributed by atoms with Gasteiger partial charge in [-0.2, -0.15) is 0 Å². The SMILES string of the molecule is CC[NH+](CC)CCN1C(=O)c2oc3ccc(C)cc3c(=O)c2C1c1cc(OC)ccc1OC. The zero-order valence-electron chi connectivity index (χ0n) is 19.9. The van der Waals surface area contributed by atoms with Crippen LogP contribution in [0.1, 0.15) is 47.1 Å². The van der Waals surface area contributed by atoms with Gasteiger partial charge in [0.25, 0.3) is 5.91 Å². The Hall–Kier alpha value is -3.32. The van der Waals surface area contributed by atoms with Gasteiger partial charge in [-0.05, 0) is 51.1 Å². The van der Waals surface area contributed by atoms with Gasteiger partial charge in [0.15, 0.2) is 5.43 Å². The van der Waals surface area contributed by atoms with Gasteiger partial charge >= 0.3 is 0 Å². The molecule has 1 amide bonds. The first-order chi connectivity index (χ1) is 15.9. The monoisotopic (exact) mass is 451 g/mol. The van der Waals surface area contributed by atoms with Gasteiger partial charge in [0.1, 0.15) is 17.1 Å². The highest BCUT2D eigenvalue weighted by atomic mass is 16.5. The molecule has 7 heteroatoms. The number of quaternary nitrogens is 1. The topological polar surface area (TPSA) is 73.4 Å². The molecule has 2 heterocycles. The number of ether oxygens (including phenoxy) is 2. The fraction of sp³-hybridized carbons (Fsp3) is 0.385.